The molecule has 0 fully saturated rings. The quantitative estimate of drug-likeness (QED) is 0.391. The highest BCUT2D eigenvalue weighted by molar-refractivity contribution is 7.88. The zero-order chi connectivity index (χ0) is 26.3. The summed E-state index contributed by atoms with van der Waals surface area (Å²) in [6.45, 7) is 0. The molecule has 2 heterocycles. The third-order valence-corrected chi connectivity index (χ3v) is 6.52. The number of hydrogen-bond acceptors (Lipinski definition) is 8. The van der Waals surface area contributed by atoms with Crippen molar-refractivity contribution in [3.05, 3.63) is 78.1 Å². The first kappa shape index (κ1) is 25.0. The normalized spacial score (nSPS) is 18.2. The summed E-state index contributed by atoms with van der Waals surface area (Å²) in [4.78, 5) is 23.1. The molecule has 9 nitrogen and oxygen atoms in total. The van der Waals surface area contributed by atoms with Crippen LogP contribution in [0, 0.1) is 0 Å². The molecule has 0 aliphatic carbocycles. The van der Waals surface area contributed by atoms with Gasteiger partial charge in [0, 0.05) is 18.8 Å². The number of alkyl halides is 3. The molecule has 36 heavy (non-hydrogen) atoms. The molecule has 0 saturated carbocycles. The van der Waals surface area contributed by atoms with Gasteiger partial charge in [-0.25, -0.2) is 4.99 Å². The number of guanidine groups is 1. The standard InChI is InChI=1S/C23H19F3N4O5S/c1-30-20(31)22(29-21(30)27,17-7-4-8-18(11-17)35-36(32,33)23(24,25)26)16-6-3-5-14(9-16)15-10-19(34-2)13-28-12-15/h3-13H,1-2H3,(H2,27,29). The monoisotopic (exact) mass is 520 g/mol. The molecule has 1 atom stereocenters. The number of aromatic nitrogens is 1. The van der Waals surface area contributed by atoms with Gasteiger partial charge in [-0.2, -0.15) is 21.6 Å². The summed E-state index contributed by atoms with van der Waals surface area (Å²) in [5.74, 6) is -0.879. The molecule has 1 unspecified atom stereocenters. The number of likely N-dealkylation sites (N-methyl/N-ethyl adjacent to an activating group) is 1. The van der Waals surface area contributed by atoms with E-state index in [1.54, 1.807) is 36.5 Å². The number of halogens is 3. The molecule has 1 aliphatic rings. The minimum absolute atomic E-state index is 0.0515. The Morgan fingerprint density at radius 1 is 0.972 bits per heavy atom. The molecule has 1 amide bonds. The molecule has 0 bridgehead atoms. The summed E-state index contributed by atoms with van der Waals surface area (Å²) in [5.41, 5.74) is 0.189. The van der Waals surface area contributed by atoms with Gasteiger partial charge in [-0.05, 0) is 41.0 Å². The Balaban J connectivity index is 1.88. The fraction of sp³-hybridized carbons (Fsp3) is 0.174. The number of pyridine rings is 1. The van der Waals surface area contributed by atoms with Crippen molar-refractivity contribution in [1.29, 1.82) is 0 Å². The number of rotatable bonds is 6. The van der Waals surface area contributed by atoms with Crippen LogP contribution >= 0.6 is 0 Å². The number of methoxy groups -OCH3 is 1. The lowest BCUT2D eigenvalue weighted by Gasteiger charge is -2.27. The van der Waals surface area contributed by atoms with Crippen LogP contribution in [0.5, 0.6) is 11.5 Å². The van der Waals surface area contributed by atoms with Gasteiger partial charge in [0.15, 0.2) is 11.5 Å². The van der Waals surface area contributed by atoms with Gasteiger partial charge in [0.05, 0.1) is 13.3 Å². The molecule has 2 aromatic carbocycles. The van der Waals surface area contributed by atoms with Gasteiger partial charge in [0.2, 0.25) is 0 Å². The van der Waals surface area contributed by atoms with E-state index >= 15 is 0 Å². The van der Waals surface area contributed by atoms with Gasteiger partial charge in [0.25, 0.3) is 5.91 Å². The number of nitrogens with zero attached hydrogens (tertiary/aromatic N) is 3. The summed E-state index contributed by atoms with van der Waals surface area (Å²) in [5, 5.41) is 0. The molecular formula is C23H19F3N4O5S. The molecule has 1 aromatic heterocycles. The van der Waals surface area contributed by atoms with Crippen LogP contribution in [0.15, 0.2) is 72.0 Å². The van der Waals surface area contributed by atoms with Crippen molar-refractivity contribution in [1.82, 2.24) is 9.88 Å². The largest absolute Gasteiger partial charge is 0.534 e. The molecular weight excluding hydrogens is 501 g/mol. The van der Waals surface area contributed by atoms with Crippen LogP contribution in [0.25, 0.3) is 11.1 Å². The number of hydrogen-bond donors (Lipinski definition) is 1. The van der Waals surface area contributed by atoms with E-state index in [0.717, 1.165) is 17.0 Å². The second-order valence-electron chi connectivity index (χ2n) is 7.75. The Morgan fingerprint density at radius 2 is 1.64 bits per heavy atom. The Hall–Kier alpha value is -4.13. The fourth-order valence-electron chi connectivity index (χ4n) is 3.74. The Morgan fingerprint density at radius 3 is 2.25 bits per heavy atom. The smallest absolute Gasteiger partial charge is 0.495 e. The lowest BCUT2D eigenvalue weighted by atomic mass is 9.81. The van der Waals surface area contributed by atoms with Crippen molar-refractivity contribution >= 4 is 22.0 Å². The summed E-state index contributed by atoms with van der Waals surface area (Å²) in [6.07, 6.45) is 3.11. The highest BCUT2D eigenvalue weighted by Gasteiger charge is 2.51. The fourth-order valence-corrected chi connectivity index (χ4v) is 4.19. The van der Waals surface area contributed by atoms with Crippen LogP contribution in [0.3, 0.4) is 0 Å². The van der Waals surface area contributed by atoms with E-state index in [2.05, 4.69) is 14.2 Å². The van der Waals surface area contributed by atoms with Gasteiger partial charge in [-0.1, -0.05) is 30.3 Å². The van der Waals surface area contributed by atoms with Crippen molar-refractivity contribution in [2.45, 2.75) is 11.0 Å². The maximum absolute atomic E-state index is 13.5. The van der Waals surface area contributed by atoms with Crippen molar-refractivity contribution in [2.24, 2.45) is 10.7 Å². The van der Waals surface area contributed by atoms with Crippen LogP contribution in [0.4, 0.5) is 13.2 Å². The van der Waals surface area contributed by atoms with Gasteiger partial charge in [0.1, 0.15) is 11.5 Å². The van der Waals surface area contributed by atoms with E-state index in [-0.39, 0.29) is 11.5 Å². The number of carbonyl (C=O) groups excluding carboxylic acids is 1. The molecule has 0 saturated heterocycles. The predicted octanol–water partition coefficient (Wildman–Crippen LogP) is 3.02. The SMILES string of the molecule is COc1cncc(-c2cccc(C3(c4cccc(OS(=O)(=O)C(F)(F)F)c4)N=C(N)N(C)C3=O)c2)c1. The second-order valence-corrected chi connectivity index (χ2v) is 9.29. The van der Waals surface area contributed by atoms with Gasteiger partial charge in [-0.15, -0.1) is 0 Å². The van der Waals surface area contributed by atoms with Crippen molar-refractivity contribution in [2.75, 3.05) is 14.2 Å². The van der Waals surface area contributed by atoms with Gasteiger partial charge < -0.3 is 14.7 Å². The zero-order valence-corrected chi connectivity index (χ0v) is 19.7. The Bertz CT molecular complexity index is 1480. The summed E-state index contributed by atoms with van der Waals surface area (Å²) in [6, 6.07) is 13.1. The Labute approximate surface area is 204 Å². The van der Waals surface area contributed by atoms with Crippen LogP contribution in [0.2, 0.25) is 0 Å². The number of nitrogens with two attached hydrogens (primary N) is 1. The second kappa shape index (κ2) is 8.82. The molecule has 0 radical (unpaired) electrons. The number of carbonyl (C=O) groups is 1. The summed E-state index contributed by atoms with van der Waals surface area (Å²) in [7, 11) is -3.05. The molecule has 2 N–H and O–H groups in total. The average molecular weight is 520 g/mol. The lowest BCUT2D eigenvalue weighted by molar-refractivity contribution is -0.129. The number of benzene rings is 2. The molecule has 3 aromatic rings. The van der Waals surface area contributed by atoms with Crippen LogP contribution in [-0.4, -0.2) is 49.8 Å². The van der Waals surface area contributed by atoms with E-state index in [9.17, 15) is 26.4 Å². The first-order valence-electron chi connectivity index (χ1n) is 10.2. The lowest BCUT2D eigenvalue weighted by Crippen LogP contribution is -2.41. The van der Waals surface area contributed by atoms with Crippen molar-refractivity contribution in [3.63, 3.8) is 0 Å². The molecule has 188 valence electrons. The molecule has 1 aliphatic heterocycles. The third kappa shape index (κ3) is 4.21. The summed E-state index contributed by atoms with van der Waals surface area (Å²) < 4.78 is 71.1. The van der Waals surface area contributed by atoms with E-state index in [4.69, 9.17) is 10.5 Å². The number of ether oxygens (including phenoxy) is 1. The average Bonchev–Trinajstić information content (AvgIpc) is 3.08. The van der Waals surface area contributed by atoms with Gasteiger partial charge in [-0.3, -0.25) is 14.7 Å². The summed E-state index contributed by atoms with van der Waals surface area (Å²) >= 11 is 0. The van der Waals surface area contributed by atoms with E-state index in [1.807, 2.05) is 0 Å². The highest BCUT2D eigenvalue weighted by atomic mass is 32.2. The van der Waals surface area contributed by atoms with E-state index in [1.165, 1.54) is 32.5 Å². The first-order chi connectivity index (χ1) is 16.9. The molecule has 4 rings (SSSR count). The van der Waals surface area contributed by atoms with Crippen LogP contribution < -0.4 is 14.7 Å². The maximum atomic E-state index is 13.5. The van der Waals surface area contributed by atoms with Crippen molar-refractivity contribution < 1.29 is 35.3 Å². The van der Waals surface area contributed by atoms with E-state index in [0.29, 0.717) is 22.4 Å². The van der Waals surface area contributed by atoms with Crippen LogP contribution in [0.1, 0.15) is 11.1 Å². The number of amides is 1. The van der Waals surface area contributed by atoms with Crippen molar-refractivity contribution in [3.8, 4) is 22.6 Å². The number of aliphatic imine (C=N–C) groups is 1. The van der Waals surface area contributed by atoms with Gasteiger partial charge >= 0.3 is 15.6 Å². The third-order valence-electron chi connectivity index (χ3n) is 5.54. The highest BCUT2D eigenvalue weighted by Crippen LogP contribution is 2.42. The Kier molecular flexibility index (Phi) is 6.12. The molecule has 0 spiro atoms. The first-order valence-corrected chi connectivity index (χ1v) is 11.6. The maximum Gasteiger partial charge on any atom is 0.534 e. The van der Waals surface area contributed by atoms with Crippen LogP contribution in [-0.2, 0) is 20.5 Å². The topological polar surface area (TPSA) is 124 Å². The minimum Gasteiger partial charge on any atom is -0.495 e. The minimum atomic E-state index is -5.93. The zero-order valence-electron chi connectivity index (χ0n) is 18.9. The van der Waals surface area contributed by atoms with E-state index < -0.39 is 32.8 Å². The molecule has 13 heteroatoms. The predicted molar refractivity (Wildman–Crippen MR) is 123 cm³/mol.